The zero-order valence-electron chi connectivity index (χ0n) is 8.51. The molecule has 0 spiro atoms. The average molecular weight is 207 g/mol. The van der Waals surface area contributed by atoms with Gasteiger partial charge in [-0.05, 0) is 13.3 Å². The highest BCUT2D eigenvalue weighted by molar-refractivity contribution is 6.29. The third-order valence-corrected chi connectivity index (χ3v) is 2.25. The third-order valence-electron chi connectivity index (χ3n) is 1.85. The molecule has 78 valence electrons. The van der Waals surface area contributed by atoms with Crippen molar-refractivity contribution in [2.75, 3.05) is 6.61 Å². The lowest BCUT2D eigenvalue weighted by atomic mass is 10.1. The number of ether oxygens (including phenoxy) is 1. The molecule has 0 saturated heterocycles. The number of alkyl halides is 1. The van der Waals surface area contributed by atoms with Crippen LogP contribution in [0.1, 0.15) is 46.0 Å². The van der Waals surface area contributed by atoms with E-state index >= 15 is 0 Å². The molecule has 0 aromatic rings. The summed E-state index contributed by atoms with van der Waals surface area (Å²) in [5.74, 6) is -0.277. The van der Waals surface area contributed by atoms with E-state index in [1.807, 2.05) is 0 Å². The van der Waals surface area contributed by atoms with Crippen LogP contribution in [-0.4, -0.2) is 18.0 Å². The molecule has 0 aromatic carbocycles. The fourth-order valence-corrected chi connectivity index (χ4v) is 1.32. The number of hydrogen-bond donors (Lipinski definition) is 0. The van der Waals surface area contributed by atoms with Gasteiger partial charge in [0.1, 0.15) is 5.38 Å². The van der Waals surface area contributed by atoms with Crippen LogP contribution in [0.25, 0.3) is 0 Å². The molecule has 0 aliphatic rings. The minimum atomic E-state index is -0.447. The Labute approximate surface area is 85.6 Å². The molecule has 0 saturated carbocycles. The van der Waals surface area contributed by atoms with Gasteiger partial charge in [-0.1, -0.05) is 32.6 Å². The van der Waals surface area contributed by atoms with E-state index in [0.717, 1.165) is 19.3 Å². The molecule has 1 unspecified atom stereocenters. The summed E-state index contributed by atoms with van der Waals surface area (Å²) in [5, 5.41) is -0.447. The monoisotopic (exact) mass is 206 g/mol. The largest absolute Gasteiger partial charge is 0.465 e. The lowest BCUT2D eigenvalue weighted by Crippen LogP contribution is -2.17. The van der Waals surface area contributed by atoms with Crippen LogP contribution in [0.4, 0.5) is 0 Å². The van der Waals surface area contributed by atoms with Gasteiger partial charge in [0.2, 0.25) is 0 Å². The molecule has 0 bridgehead atoms. The molecule has 0 aromatic heterocycles. The SMILES string of the molecule is CCCCCCC(Cl)C(=O)OCC. The van der Waals surface area contributed by atoms with Gasteiger partial charge in [0, 0.05) is 0 Å². The maximum Gasteiger partial charge on any atom is 0.324 e. The first-order chi connectivity index (χ1) is 6.22. The van der Waals surface area contributed by atoms with Crippen LogP contribution in [-0.2, 0) is 9.53 Å². The van der Waals surface area contributed by atoms with E-state index < -0.39 is 5.38 Å². The first-order valence-electron chi connectivity index (χ1n) is 5.03. The van der Waals surface area contributed by atoms with Crippen molar-refractivity contribution in [3.05, 3.63) is 0 Å². The van der Waals surface area contributed by atoms with Gasteiger partial charge in [0.05, 0.1) is 6.61 Å². The molecule has 1 atom stereocenters. The molecule has 13 heavy (non-hydrogen) atoms. The van der Waals surface area contributed by atoms with E-state index in [9.17, 15) is 4.79 Å². The summed E-state index contributed by atoms with van der Waals surface area (Å²) in [6.07, 6.45) is 5.32. The van der Waals surface area contributed by atoms with Gasteiger partial charge in [-0.15, -0.1) is 11.6 Å². The number of rotatable bonds is 7. The zero-order chi connectivity index (χ0) is 10.1. The van der Waals surface area contributed by atoms with Crippen molar-refractivity contribution < 1.29 is 9.53 Å². The van der Waals surface area contributed by atoms with E-state index in [1.165, 1.54) is 12.8 Å². The summed E-state index contributed by atoms with van der Waals surface area (Å²) < 4.78 is 4.79. The third kappa shape index (κ3) is 6.88. The fraction of sp³-hybridized carbons (Fsp3) is 0.900. The first kappa shape index (κ1) is 12.8. The summed E-state index contributed by atoms with van der Waals surface area (Å²) >= 11 is 5.81. The Morgan fingerprint density at radius 1 is 1.31 bits per heavy atom. The number of carbonyl (C=O) groups excluding carboxylic acids is 1. The highest BCUT2D eigenvalue weighted by Crippen LogP contribution is 2.11. The van der Waals surface area contributed by atoms with Gasteiger partial charge in [0.25, 0.3) is 0 Å². The number of unbranched alkanes of at least 4 members (excludes halogenated alkanes) is 3. The summed E-state index contributed by atoms with van der Waals surface area (Å²) in [5.41, 5.74) is 0. The van der Waals surface area contributed by atoms with Gasteiger partial charge in [-0.25, -0.2) is 0 Å². The quantitative estimate of drug-likeness (QED) is 0.364. The Bertz CT molecular complexity index is 137. The molecular formula is C10H19ClO2. The van der Waals surface area contributed by atoms with E-state index in [0.29, 0.717) is 6.61 Å². The zero-order valence-corrected chi connectivity index (χ0v) is 9.27. The van der Waals surface area contributed by atoms with Crippen molar-refractivity contribution in [1.82, 2.24) is 0 Å². The maximum absolute atomic E-state index is 11.1. The van der Waals surface area contributed by atoms with E-state index in [4.69, 9.17) is 16.3 Å². The van der Waals surface area contributed by atoms with Crippen LogP contribution in [0, 0.1) is 0 Å². The van der Waals surface area contributed by atoms with Crippen molar-refractivity contribution in [3.63, 3.8) is 0 Å². The van der Waals surface area contributed by atoms with Gasteiger partial charge in [-0.2, -0.15) is 0 Å². The van der Waals surface area contributed by atoms with Crippen molar-refractivity contribution in [2.45, 2.75) is 51.3 Å². The molecule has 0 aliphatic heterocycles. The molecular weight excluding hydrogens is 188 g/mol. The number of halogens is 1. The second-order valence-electron chi connectivity index (χ2n) is 3.07. The molecule has 0 N–H and O–H groups in total. The van der Waals surface area contributed by atoms with Gasteiger partial charge < -0.3 is 4.74 Å². The molecule has 0 amide bonds. The normalized spacial score (nSPS) is 12.5. The predicted octanol–water partition coefficient (Wildman–Crippen LogP) is 3.13. The smallest absolute Gasteiger partial charge is 0.324 e. The minimum Gasteiger partial charge on any atom is -0.465 e. The number of esters is 1. The maximum atomic E-state index is 11.1. The topological polar surface area (TPSA) is 26.3 Å². The standard InChI is InChI=1S/C10H19ClO2/c1-3-5-6-7-8-9(11)10(12)13-4-2/h9H,3-8H2,1-2H3. The highest BCUT2D eigenvalue weighted by Gasteiger charge is 2.15. The van der Waals surface area contributed by atoms with Crippen molar-refractivity contribution in [2.24, 2.45) is 0 Å². The highest BCUT2D eigenvalue weighted by atomic mass is 35.5. The molecule has 2 nitrogen and oxygen atoms in total. The van der Waals surface area contributed by atoms with Crippen LogP contribution in [0.5, 0.6) is 0 Å². The van der Waals surface area contributed by atoms with Crippen LogP contribution >= 0.6 is 11.6 Å². The van der Waals surface area contributed by atoms with Crippen LogP contribution in [0.3, 0.4) is 0 Å². The molecule has 0 heterocycles. The summed E-state index contributed by atoms with van der Waals surface area (Å²) in [6, 6.07) is 0. The lowest BCUT2D eigenvalue weighted by molar-refractivity contribution is -0.142. The Hall–Kier alpha value is -0.240. The van der Waals surface area contributed by atoms with E-state index in [-0.39, 0.29) is 5.97 Å². The number of hydrogen-bond acceptors (Lipinski definition) is 2. The molecule has 3 heteroatoms. The van der Waals surface area contributed by atoms with Gasteiger partial charge >= 0.3 is 5.97 Å². The summed E-state index contributed by atoms with van der Waals surface area (Å²) in [7, 11) is 0. The second kappa shape index (κ2) is 8.36. The molecule has 0 rings (SSSR count). The number of carbonyl (C=O) groups is 1. The fourth-order valence-electron chi connectivity index (χ4n) is 1.10. The summed E-state index contributed by atoms with van der Waals surface area (Å²) in [4.78, 5) is 11.1. The van der Waals surface area contributed by atoms with Crippen LogP contribution < -0.4 is 0 Å². The average Bonchev–Trinajstić information content (AvgIpc) is 2.12. The van der Waals surface area contributed by atoms with Crippen molar-refractivity contribution >= 4 is 17.6 Å². The second-order valence-corrected chi connectivity index (χ2v) is 3.60. The minimum absolute atomic E-state index is 0.277. The Kier molecular flexibility index (Phi) is 8.21. The van der Waals surface area contributed by atoms with Gasteiger partial charge in [0.15, 0.2) is 0 Å². The van der Waals surface area contributed by atoms with Crippen LogP contribution in [0.15, 0.2) is 0 Å². The Morgan fingerprint density at radius 2 is 2.00 bits per heavy atom. The molecule has 0 aliphatic carbocycles. The van der Waals surface area contributed by atoms with Crippen LogP contribution in [0.2, 0.25) is 0 Å². The van der Waals surface area contributed by atoms with Gasteiger partial charge in [-0.3, -0.25) is 4.79 Å². The van der Waals surface area contributed by atoms with E-state index in [1.54, 1.807) is 6.92 Å². The lowest BCUT2D eigenvalue weighted by Gasteiger charge is -2.07. The summed E-state index contributed by atoms with van der Waals surface area (Å²) in [6.45, 7) is 4.36. The predicted molar refractivity (Wildman–Crippen MR) is 55.0 cm³/mol. The molecule has 0 radical (unpaired) electrons. The van der Waals surface area contributed by atoms with Crippen molar-refractivity contribution in [1.29, 1.82) is 0 Å². The van der Waals surface area contributed by atoms with E-state index in [2.05, 4.69) is 6.92 Å². The first-order valence-corrected chi connectivity index (χ1v) is 5.46. The van der Waals surface area contributed by atoms with Crippen molar-refractivity contribution in [3.8, 4) is 0 Å². The Balaban J connectivity index is 3.38. The molecule has 0 fully saturated rings. The Morgan fingerprint density at radius 3 is 2.54 bits per heavy atom.